The van der Waals surface area contributed by atoms with Crippen molar-refractivity contribution in [2.24, 2.45) is 5.73 Å². The molecule has 0 heterocycles. The molecule has 2 N–H and O–H groups in total. The van der Waals surface area contributed by atoms with E-state index in [2.05, 4.69) is 13.8 Å². The highest BCUT2D eigenvalue weighted by atomic mass is 16.5. The molecule has 0 saturated heterocycles. The largest absolute Gasteiger partial charge is 0.374 e. The molecule has 0 bridgehead atoms. The molecule has 1 aliphatic carbocycles. The molecule has 0 radical (unpaired) electrons. The number of nitrogens with two attached hydrogens (primary N) is 1. The molecule has 1 unspecified atom stereocenters. The average molecular weight is 255 g/mol. The van der Waals surface area contributed by atoms with Crippen LogP contribution in [0.25, 0.3) is 0 Å². The van der Waals surface area contributed by atoms with Crippen LogP contribution in [-0.2, 0) is 4.74 Å². The van der Waals surface area contributed by atoms with Gasteiger partial charge in [-0.3, -0.25) is 0 Å². The Morgan fingerprint density at radius 3 is 2.22 bits per heavy atom. The molecule has 1 fully saturated rings. The maximum absolute atomic E-state index is 6.42. The van der Waals surface area contributed by atoms with Gasteiger partial charge in [0.15, 0.2) is 0 Å². The van der Waals surface area contributed by atoms with Crippen LogP contribution >= 0.6 is 0 Å². The van der Waals surface area contributed by atoms with Gasteiger partial charge < -0.3 is 10.5 Å². The Balaban J connectivity index is 2.19. The highest BCUT2D eigenvalue weighted by Gasteiger charge is 2.39. The fourth-order valence-corrected chi connectivity index (χ4v) is 3.29. The van der Waals surface area contributed by atoms with Crippen LogP contribution in [0.15, 0.2) is 0 Å². The molecule has 1 atom stereocenters. The summed E-state index contributed by atoms with van der Waals surface area (Å²) in [6.45, 7) is 5.17. The van der Waals surface area contributed by atoms with E-state index in [1.165, 1.54) is 64.2 Å². The molecule has 0 aliphatic heterocycles. The highest BCUT2D eigenvalue weighted by Crippen LogP contribution is 2.37. The Morgan fingerprint density at radius 2 is 1.61 bits per heavy atom. The van der Waals surface area contributed by atoms with Crippen LogP contribution in [0.4, 0.5) is 0 Å². The first-order valence-corrected chi connectivity index (χ1v) is 8.14. The quantitative estimate of drug-likeness (QED) is 0.587. The van der Waals surface area contributed by atoms with Crippen molar-refractivity contribution in [3.05, 3.63) is 0 Å². The van der Waals surface area contributed by atoms with Crippen LogP contribution in [0.2, 0.25) is 0 Å². The van der Waals surface area contributed by atoms with E-state index in [9.17, 15) is 0 Å². The van der Waals surface area contributed by atoms with Crippen LogP contribution in [0, 0.1) is 0 Å². The van der Waals surface area contributed by atoms with E-state index in [0.29, 0.717) is 0 Å². The molecule has 0 aromatic carbocycles. The second-order valence-electron chi connectivity index (χ2n) is 5.87. The SMILES string of the molecule is CCCCCCCCC(N)C1(OCC)CCCC1. The van der Waals surface area contributed by atoms with Crippen molar-refractivity contribution >= 4 is 0 Å². The van der Waals surface area contributed by atoms with E-state index in [1.54, 1.807) is 0 Å². The molecule has 0 spiro atoms. The molecule has 0 amide bonds. The Morgan fingerprint density at radius 1 is 1.00 bits per heavy atom. The predicted octanol–water partition coefficient (Wildman–Crippen LogP) is 4.41. The Labute approximate surface area is 114 Å². The third-order valence-corrected chi connectivity index (χ3v) is 4.43. The van der Waals surface area contributed by atoms with Crippen LogP contribution in [0.1, 0.15) is 84.5 Å². The summed E-state index contributed by atoms with van der Waals surface area (Å²) >= 11 is 0. The minimum atomic E-state index is 0.0260. The molecule has 0 aromatic rings. The average Bonchev–Trinajstić information content (AvgIpc) is 2.83. The Hall–Kier alpha value is -0.0800. The van der Waals surface area contributed by atoms with E-state index in [4.69, 9.17) is 10.5 Å². The molecule has 1 saturated carbocycles. The molecule has 2 heteroatoms. The zero-order valence-electron chi connectivity index (χ0n) is 12.5. The summed E-state index contributed by atoms with van der Waals surface area (Å²) in [6, 6.07) is 0.256. The van der Waals surface area contributed by atoms with E-state index in [0.717, 1.165) is 13.0 Å². The Bertz CT molecular complexity index is 199. The first kappa shape index (κ1) is 16.0. The smallest absolute Gasteiger partial charge is 0.0832 e. The lowest BCUT2D eigenvalue weighted by atomic mass is 9.88. The number of ether oxygens (including phenoxy) is 1. The molecule has 2 nitrogen and oxygen atoms in total. The van der Waals surface area contributed by atoms with Crippen molar-refractivity contribution in [1.29, 1.82) is 0 Å². The van der Waals surface area contributed by atoms with Crippen LogP contribution in [-0.4, -0.2) is 18.2 Å². The van der Waals surface area contributed by atoms with Gasteiger partial charge in [0, 0.05) is 12.6 Å². The molecular formula is C16H33NO. The summed E-state index contributed by atoms with van der Waals surface area (Å²) in [5.41, 5.74) is 6.44. The van der Waals surface area contributed by atoms with Crippen LogP contribution < -0.4 is 5.73 Å². The summed E-state index contributed by atoms with van der Waals surface area (Å²) < 4.78 is 6.02. The van der Waals surface area contributed by atoms with Gasteiger partial charge in [0.25, 0.3) is 0 Å². The van der Waals surface area contributed by atoms with Gasteiger partial charge in [0.05, 0.1) is 5.60 Å². The molecule has 18 heavy (non-hydrogen) atoms. The summed E-state index contributed by atoms with van der Waals surface area (Å²) in [6.07, 6.45) is 14.2. The van der Waals surface area contributed by atoms with Crippen LogP contribution in [0.5, 0.6) is 0 Å². The third kappa shape index (κ3) is 4.89. The van der Waals surface area contributed by atoms with Gasteiger partial charge >= 0.3 is 0 Å². The van der Waals surface area contributed by atoms with Gasteiger partial charge in [-0.2, -0.15) is 0 Å². The third-order valence-electron chi connectivity index (χ3n) is 4.43. The fourth-order valence-electron chi connectivity index (χ4n) is 3.29. The highest BCUT2D eigenvalue weighted by molar-refractivity contribution is 4.95. The van der Waals surface area contributed by atoms with Gasteiger partial charge in [-0.15, -0.1) is 0 Å². The summed E-state index contributed by atoms with van der Waals surface area (Å²) in [7, 11) is 0. The summed E-state index contributed by atoms with van der Waals surface area (Å²) in [5.74, 6) is 0. The standard InChI is InChI=1S/C16H33NO/c1-3-5-6-7-8-9-12-15(17)16(18-4-2)13-10-11-14-16/h15H,3-14,17H2,1-2H3. The molecule has 108 valence electrons. The Kier molecular flexibility index (Phi) is 7.92. The molecular weight excluding hydrogens is 222 g/mol. The molecule has 1 aliphatic rings. The second-order valence-corrected chi connectivity index (χ2v) is 5.87. The van der Waals surface area contributed by atoms with Gasteiger partial charge in [-0.25, -0.2) is 0 Å². The van der Waals surface area contributed by atoms with E-state index >= 15 is 0 Å². The van der Waals surface area contributed by atoms with Gasteiger partial charge in [0.1, 0.15) is 0 Å². The van der Waals surface area contributed by atoms with Crippen molar-refractivity contribution in [3.8, 4) is 0 Å². The van der Waals surface area contributed by atoms with Crippen molar-refractivity contribution < 1.29 is 4.74 Å². The minimum absolute atomic E-state index is 0.0260. The van der Waals surface area contributed by atoms with Gasteiger partial charge in [0.2, 0.25) is 0 Å². The predicted molar refractivity (Wildman–Crippen MR) is 78.8 cm³/mol. The zero-order chi connectivity index (χ0) is 13.3. The van der Waals surface area contributed by atoms with Crippen molar-refractivity contribution in [3.63, 3.8) is 0 Å². The maximum atomic E-state index is 6.42. The van der Waals surface area contributed by atoms with E-state index in [-0.39, 0.29) is 11.6 Å². The maximum Gasteiger partial charge on any atom is 0.0832 e. The van der Waals surface area contributed by atoms with Gasteiger partial charge in [-0.05, 0) is 26.2 Å². The monoisotopic (exact) mass is 255 g/mol. The number of hydrogen-bond donors (Lipinski definition) is 1. The summed E-state index contributed by atoms with van der Waals surface area (Å²) in [4.78, 5) is 0. The summed E-state index contributed by atoms with van der Waals surface area (Å²) in [5, 5.41) is 0. The van der Waals surface area contributed by atoms with Crippen molar-refractivity contribution in [2.75, 3.05) is 6.61 Å². The lowest BCUT2D eigenvalue weighted by Gasteiger charge is -2.35. The van der Waals surface area contributed by atoms with Crippen LogP contribution in [0.3, 0.4) is 0 Å². The first-order chi connectivity index (χ1) is 8.75. The van der Waals surface area contributed by atoms with Crippen molar-refractivity contribution in [2.45, 2.75) is 96.1 Å². The second kappa shape index (κ2) is 8.92. The normalized spacial score (nSPS) is 20.2. The molecule has 0 aromatic heterocycles. The minimum Gasteiger partial charge on any atom is -0.374 e. The molecule has 1 rings (SSSR count). The van der Waals surface area contributed by atoms with Crippen molar-refractivity contribution in [1.82, 2.24) is 0 Å². The lowest BCUT2D eigenvalue weighted by molar-refractivity contribution is -0.0546. The fraction of sp³-hybridized carbons (Fsp3) is 1.00. The lowest BCUT2D eigenvalue weighted by Crippen LogP contribution is -2.48. The number of hydrogen-bond acceptors (Lipinski definition) is 2. The zero-order valence-corrected chi connectivity index (χ0v) is 12.5. The topological polar surface area (TPSA) is 35.2 Å². The number of unbranched alkanes of at least 4 members (excludes halogenated alkanes) is 5. The first-order valence-electron chi connectivity index (χ1n) is 8.14. The van der Waals surface area contributed by atoms with Gasteiger partial charge in [-0.1, -0.05) is 58.3 Å². The van der Waals surface area contributed by atoms with E-state index < -0.39 is 0 Å². The van der Waals surface area contributed by atoms with E-state index in [1.807, 2.05) is 0 Å². The number of rotatable bonds is 10.